The second-order valence-corrected chi connectivity index (χ2v) is 5.60. The van der Waals surface area contributed by atoms with Crippen LogP contribution in [0.5, 0.6) is 0 Å². The Morgan fingerprint density at radius 1 is 1.19 bits per heavy atom. The molecule has 0 saturated heterocycles. The molecule has 21 heavy (non-hydrogen) atoms. The lowest BCUT2D eigenvalue weighted by Gasteiger charge is -2.19. The van der Waals surface area contributed by atoms with Gasteiger partial charge in [0.05, 0.1) is 17.6 Å². The summed E-state index contributed by atoms with van der Waals surface area (Å²) in [7, 11) is 1.90. The molecule has 1 atom stereocenters. The zero-order valence-corrected chi connectivity index (χ0v) is 11.9. The zero-order valence-electron chi connectivity index (χ0n) is 11.9. The number of nitrogens with one attached hydrogen (secondary N) is 1. The van der Waals surface area contributed by atoms with E-state index < -0.39 is 0 Å². The number of hydrogen-bond acceptors (Lipinski definition) is 4. The molecular weight excluding hydrogens is 262 g/mol. The molecule has 1 fully saturated rings. The van der Waals surface area contributed by atoms with Gasteiger partial charge in [-0.15, -0.1) is 0 Å². The largest absolute Gasteiger partial charge is 0.362 e. The number of anilines is 1. The zero-order chi connectivity index (χ0) is 14.2. The SMILES string of the molecule is Cn1ncc2c(NC(c3ccccc3)C3CC3)ncnc21. The van der Waals surface area contributed by atoms with Crippen LogP contribution in [-0.4, -0.2) is 19.7 Å². The number of nitrogens with zero attached hydrogens (tertiary/aromatic N) is 4. The molecule has 4 rings (SSSR count). The first kappa shape index (κ1) is 12.3. The van der Waals surface area contributed by atoms with E-state index in [1.165, 1.54) is 18.4 Å². The van der Waals surface area contributed by atoms with Gasteiger partial charge in [-0.3, -0.25) is 4.68 Å². The van der Waals surface area contributed by atoms with Crippen molar-refractivity contribution in [2.75, 3.05) is 5.32 Å². The summed E-state index contributed by atoms with van der Waals surface area (Å²) in [4.78, 5) is 8.71. The van der Waals surface area contributed by atoms with Gasteiger partial charge in [-0.1, -0.05) is 30.3 Å². The smallest absolute Gasteiger partial charge is 0.163 e. The lowest BCUT2D eigenvalue weighted by molar-refractivity contribution is 0.676. The summed E-state index contributed by atoms with van der Waals surface area (Å²) >= 11 is 0. The van der Waals surface area contributed by atoms with Crippen LogP contribution in [0.15, 0.2) is 42.9 Å². The fraction of sp³-hybridized carbons (Fsp3) is 0.312. The molecule has 1 aromatic carbocycles. The minimum Gasteiger partial charge on any atom is -0.362 e. The van der Waals surface area contributed by atoms with Crippen molar-refractivity contribution in [2.24, 2.45) is 13.0 Å². The highest BCUT2D eigenvalue weighted by atomic mass is 15.3. The van der Waals surface area contributed by atoms with Crippen LogP contribution in [0.1, 0.15) is 24.4 Å². The van der Waals surface area contributed by atoms with Crippen LogP contribution < -0.4 is 5.32 Å². The normalized spacial score (nSPS) is 16.0. The summed E-state index contributed by atoms with van der Waals surface area (Å²) in [5.41, 5.74) is 2.17. The van der Waals surface area contributed by atoms with Gasteiger partial charge in [0, 0.05) is 7.05 Å². The molecule has 0 bridgehead atoms. The van der Waals surface area contributed by atoms with E-state index in [0.29, 0.717) is 12.0 Å². The van der Waals surface area contributed by atoms with E-state index in [0.717, 1.165) is 16.9 Å². The quantitative estimate of drug-likeness (QED) is 0.797. The van der Waals surface area contributed by atoms with Crippen LogP contribution in [0.4, 0.5) is 5.82 Å². The summed E-state index contributed by atoms with van der Waals surface area (Å²) < 4.78 is 1.77. The predicted molar refractivity (Wildman–Crippen MR) is 81.8 cm³/mol. The highest BCUT2D eigenvalue weighted by molar-refractivity contribution is 5.86. The van der Waals surface area contributed by atoms with Gasteiger partial charge in [0.25, 0.3) is 0 Å². The molecule has 1 unspecified atom stereocenters. The van der Waals surface area contributed by atoms with Crippen molar-refractivity contribution in [3.8, 4) is 0 Å². The molecule has 1 saturated carbocycles. The Bertz CT molecular complexity index is 761. The summed E-state index contributed by atoms with van der Waals surface area (Å²) in [5.74, 6) is 1.56. The first-order valence-corrected chi connectivity index (χ1v) is 7.27. The number of aromatic nitrogens is 4. The number of benzene rings is 1. The Labute approximate surface area is 123 Å². The fourth-order valence-corrected chi connectivity index (χ4v) is 2.79. The predicted octanol–water partition coefficient (Wildman–Crippen LogP) is 2.93. The van der Waals surface area contributed by atoms with Crippen molar-refractivity contribution in [1.29, 1.82) is 0 Å². The van der Waals surface area contributed by atoms with Crippen molar-refractivity contribution in [3.05, 3.63) is 48.4 Å². The highest BCUT2D eigenvalue weighted by Gasteiger charge is 2.32. The third-order valence-electron chi connectivity index (χ3n) is 4.07. The van der Waals surface area contributed by atoms with E-state index in [2.05, 4.69) is 50.7 Å². The maximum Gasteiger partial charge on any atom is 0.163 e. The highest BCUT2D eigenvalue weighted by Crippen LogP contribution is 2.43. The molecule has 2 heterocycles. The van der Waals surface area contributed by atoms with E-state index in [9.17, 15) is 0 Å². The Kier molecular flexibility index (Phi) is 2.84. The van der Waals surface area contributed by atoms with Crippen molar-refractivity contribution < 1.29 is 0 Å². The van der Waals surface area contributed by atoms with Gasteiger partial charge in [-0.25, -0.2) is 9.97 Å². The lowest BCUT2D eigenvalue weighted by atomic mass is 10.0. The first-order chi connectivity index (χ1) is 10.3. The third kappa shape index (κ3) is 2.24. The van der Waals surface area contributed by atoms with Crippen LogP contribution in [0.2, 0.25) is 0 Å². The van der Waals surface area contributed by atoms with Crippen LogP contribution in [0.25, 0.3) is 11.0 Å². The van der Waals surface area contributed by atoms with E-state index in [1.54, 1.807) is 11.0 Å². The minimum absolute atomic E-state index is 0.310. The first-order valence-electron chi connectivity index (χ1n) is 7.27. The van der Waals surface area contributed by atoms with Crippen molar-refractivity contribution in [2.45, 2.75) is 18.9 Å². The molecule has 0 spiro atoms. The number of rotatable bonds is 4. The Balaban J connectivity index is 1.72. The molecule has 5 heteroatoms. The molecule has 1 aliphatic rings. The minimum atomic E-state index is 0.310. The van der Waals surface area contributed by atoms with Gasteiger partial charge in [-0.2, -0.15) is 5.10 Å². The fourth-order valence-electron chi connectivity index (χ4n) is 2.79. The van der Waals surface area contributed by atoms with Gasteiger partial charge in [0.15, 0.2) is 5.65 Å². The number of fused-ring (bicyclic) bond motifs is 1. The van der Waals surface area contributed by atoms with E-state index >= 15 is 0 Å². The lowest BCUT2D eigenvalue weighted by Crippen LogP contribution is -2.14. The average Bonchev–Trinajstić information content (AvgIpc) is 3.30. The molecule has 1 N–H and O–H groups in total. The summed E-state index contributed by atoms with van der Waals surface area (Å²) in [6.45, 7) is 0. The Morgan fingerprint density at radius 2 is 2.00 bits per heavy atom. The van der Waals surface area contributed by atoms with E-state index in [1.807, 2.05) is 13.2 Å². The molecule has 0 amide bonds. The summed E-state index contributed by atoms with van der Waals surface area (Å²) in [6, 6.07) is 10.9. The van der Waals surface area contributed by atoms with Crippen LogP contribution >= 0.6 is 0 Å². The molecule has 106 valence electrons. The van der Waals surface area contributed by atoms with Crippen molar-refractivity contribution in [3.63, 3.8) is 0 Å². The molecule has 1 aliphatic carbocycles. The summed E-state index contributed by atoms with van der Waals surface area (Å²) in [5, 5.41) is 8.85. The molecule has 3 aromatic rings. The number of hydrogen-bond donors (Lipinski definition) is 1. The van der Waals surface area contributed by atoms with Crippen molar-refractivity contribution >= 4 is 16.9 Å². The molecule has 5 nitrogen and oxygen atoms in total. The topological polar surface area (TPSA) is 55.6 Å². The summed E-state index contributed by atoms with van der Waals surface area (Å²) in [6.07, 6.45) is 5.97. The Hall–Kier alpha value is -2.43. The van der Waals surface area contributed by atoms with Gasteiger partial charge in [0.1, 0.15) is 12.1 Å². The maximum atomic E-state index is 4.42. The van der Waals surface area contributed by atoms with Crippen LogP contribution in [-0.2, 0) is 7.05 Å². The van der Waals surface area contributed by atoms with E-state index in [-0.39, 0.29) is 0 Å². The third-order valence-corrected chi connectivity index (χ3v) is 4.07. The standard InChI is InChI=1S/C16H17N5/c1-21-16-13(9-19-21)15(17-10-18-16)20-14(12-7-8-12)11-5-3-2-4-6-11/h2-6,9-10,12,14H,7-8H2,1H3,(H,17,18,20). The van der Waals surface area contributed by atoms with Crippen molar-refractivity contribution in [1.82, 2.24) is 19.7 Å². The second kappa shape index (κ2) is 4.84. The van der Waals surface area contributed by atoms with Gasteiger partial charge >= 0.3 is 0 Å². The van der Waals surface area contributed by atoms with Crippen LogP contribution in [0.3, 0.4) is 0 Å². The molecule has 2 aromatic heterocycles. The second-order valence-electron chi connectivity index (χ2n) is 5.60. The van der Waals surface area contributed by atoms with Crippen LogP contribution in [0, 0.1) is 5.92 Å². The van der Waals surface area contributed by atoms with Gasteiger partial charge in [0.2, 0.25) is 0 Å². The van der Waals surface area contributed by atoms with Gasteiger partial charge < -0.3 is 5.32 Å². The molecular formula is C16H17N5. The van der Waals surface area contributed by atoms with E-state index in [4.69, 9.17) is 0 Å². The van der Waals surface area contributed by atoms with Gasteiger partial charge in [-0.05, 0) is 24.3 Å². The monoisotopic (exact) mass is 279 g/mol. The Morgan fingerprint density at radius 3 is 2.76 bits per heavy atom. The maximum absolute atomic E-state index is 4.42. The molecule has 0 radical (unpaired) electrons. The average molecular weight is 279 g/mol. The number of aryl methyl sites for hydroxylation is 1. The molecule has 0 aliphatic heterocycles.